The van der Waals surface area contributed by atoms with Crippen LogP contribution in [0.3, 0.4) is 0 Å². The molecule has 1 aromatic heterocycles. The molecule has 2 aromatic rings. The van der Waals surface area contributed by atoms with Crippen LogP contribution in [0.4, 0.5) is 4.39 Å². The van der Waals surface area contributed by atoms with Gasteiger partial charge in [0.15, 0.2) is 11.6 Å². The molecule has 0 amide bonds. The molecular formula is C15H17BrFN3O. The van der Waals surface area contributed by atoms with E-state index in [0.717, 1.165) is 12.2 Å². The Morgan fingerprint density at radius 1 is 1.29 bits per heavy atom. The van der Waals surface area contributed by atoms with E-state index in [1.165, 1.54) is 12.3 Å². The van der Waals surface area contributed by atoms with Gasteiger partial charge in [-0.15, -0.1) is 0 Å². The summed E-state index contributed by atoms with van der Waals surface area (Å²) in [4.78, 5) is 8.37. The Labute approximate surface area is 131 Å². The fraction of sp³-hybridized carbons (Fsp3) is 0.333. The molecule has 0 unspecified atom stereocenters. The second kappa shape index (κ2) is 7.47. The van der Waals surface area contributed by atoms with Gasteiger partial charge >= 0.3 is 0 Å². The second-order valence-electron chi connectivity index (χ2n) is 5.05. The summed E-state index contributed by atoms with van der Waals surface area (Å²) >= 11 is 3.19. The maximum atomic E-state index is 13.6. The van der Waals surface area contributed by atoms with Gasteiger partial charge in [0.2, 0.25) is 5.88 Å². The van der Waals surface area contributed by atoms with Gasteiger partial charge in [-0.05, 0) is 30.7 Å². The molecule has 0 aliphatic rings. The Bertz CT molecular complexity index is 590. The van der Waals surface area contributed by atoms with Gasteiger partial charge in [-0.2, -0.15) is 0 Å². The van der Waals surface area contributed by atoms with Gasteiger partial charge in [0.05, 0.1) is 18.1 Å². The average molecular weight is 354 g/mol. The molecule has 0 saturated carbocycles. The van der Waals surface area contributed by atoms with Crippen LogP contribution in [0.15, 0.2) is 35.1 Å². The van der Waals surface area contributed by atoms with E-state index in [9.17, 15) is 4.39 Å². The molecule has 21 heavy (non-hydrogen) atoms. The predicted octanol–water partition coefficient (Wildman–Crippen LogP) is 3.92. The van der Waals surface area contributed by atoms with Crippen molar-refractivity contribution in [2.45, 2.75) is 20.4 Å². The number of halogens is 2. The Balaban J connectivity index is 1.95. The van der Waals surface area contributed by atoms with Gasteiger partial charge < -0.3 is 10.1 Å². The monoisotopic (exact) mass is 353 g/mol. The van der Waals surface area contributed by atoms with Crippen molar-refractivity contribution >= 4 is 15.9 Å². The van der Waals surface area contributed by atoms with Crippen LogP contribution in [-0.4, -0.2) is 16.5 Å². The number of ether oxygens (including phenoxy) is 1. The number of nitrogens with one attached hydrogen (secondary N) is 1. The standard InChI is InChI=1S/C15H17BrFN3O/c1-10(2)6-18-7-12-8-20-15(9-19-12)21-14-4-3-11(16)5-13(14)17/h3-5,8-10,18H,6-7H2,1-2H3. The predicted molar refractivity (Wildman–Crippen MR) is 82.8 cm³/mol. The summed E-state index contributed by atoms with van der Waals surface area (Å²) in [6.07, 6.45) is 3.12. The van der Waals surface area contributed by atoms with E-state index in [1.54, 1.807) is 18.3 Å². The minimum Gasteiger partial charge on any atom is -0.434 e. The summed E-state index contributed by atoms with van der Waals surface area (Å²) in [5.41, 5.74) is 0.819. The molecule has 6 heteroatoms. The molecule has 0 saturated heterocycles. The number of hydrogen-bond acceptors (Lipinski definition) is 4. The number of benzene rings is 1. The van der Waals surface area contributed by atoms with Crippen molar-refractivity contribution in [1.29, 1.82) is 0 Å². The van der Waals surface area contributed by atoms with Crippen molar-refractivity contribution in [3.05, 3.63) is 46.6 Å². The second-order valence-corrected chi connectivity index (χ2v) is 5.96. The van der Waals surface area contributed by atoms with Gasteiger partial charge in [-0.25, -0.2) is 9.37 Å². The number of nitrogens with zero attached hydrogens (tertiary/aromatic N) is 2. The molecular weight excluding hydrogens is 337 g/mol. The van der Waals surface area contributed by atoms with Crippen molar-refractivity contribution in [2.24, 2.45) is 5.92 Å². The van der Waals surface area contributed by atoms with Gasteiger partial charge in [-0.1, -0.05) is 29.8 Å². The fourth-order valence-electron chi connectivity index (χ4n) is 1.65. The Morgan fingerprint density at radius 3 is 2.71 bits per heavy atom. The van der Waals surface area contributed by atoms with E-state index < -0.39 is 5.82 Å². The smallest absolute Gasteiger partial charge is 0.237 e. The normalized spacial score (nSPS) is 10.9. The molecule has 1 aromatic carbocycles. The van der Waals surface area contributed by atoms with E-state index in [1.807, 2.05) is 0 Å². The summed E-state index contributed by atoms with van der Waals surface area (Å²) in [7, 11) is 0. The van der Waals surface area contributed by atoms with Crippen molar-refractivity contribution in [3.8, 4) is 11.6 Å². The van der Waals surface area contributed by atoms with Crippen molar-refractivity contribution in [2.75, 3.05) is 6.54 Å². The van der Waals surface area contributed by atoms with Crippen molar-refractivity contribution < 1.29 is 9.13 Å². The van der Waals surface area contributed by atoms with Crippen molar-refractivity contribution in [3.63, 3.8) is 0 Å². The Hall–Kier alpha value is -1.53. The summed E-state index contributed by atoms with van der Waals surface area (Å²) in [6.45, 7) is 5.85. The van der Waals surface area contributed by atoms with Crippen LogP contribution in [0.1, 0.15) is 19.5 Å². The van der Waals surface area contributed by atoms with Crippen LogP contribution in [0.25, 0.3) is 0 Å². The summed E-state index contributed by atoms with van der Waals surface area (Å²) < 4.78 is 19.7. The molecule has 112 valence electrons. The minimum atomic E-state index is -0.450. The van der Waals surface area contributed by atoms with Gasteiger partial charge in [-0.3, -0.25) is 4.98 Å². The number of rotatable bonds is 6. The lowest BCUT2D eigenvalue weighted by atomic mass is 10.2. The van der Waals surface area contributed by atoms with Crippen LogP contribution in [0.2, 0.25) is 0 Å². The zero-order valence-corrected chi connectivity index (χ0v) is 13.5. The molecule has 1 heterocycles. The molecule has 2 rings (SSSR count). The molecule has 1 N–H and O–H groups in total. The van der Waals surface area contributed by atoms with Gasteiger partial charge in [0.25, 0.3) is 0 Å². The lowest BCUT2D eigenvalue weighted by Gasteiger charge is -2.08. The molecule has 0 radical (unpaired) electrons. The SMILES string of the molecule is CC(C)CNCc1cnc(Oc2ccc(Br)cc2F)cn1. The fourth-order valence-corrected chi connectivity index (χ4v) is 1.98. The van der Waals surface area contributed by atoms with Crippen LogP contribution in [-0.2, 0) is 6.54 Å². The maximum absolute atomic E-state index is 13.6. The lowest BCUT2D eigenvalue weighted by molar-refractivity contribution is 0.424. The molecule has 0 aliphatic carbocycles. The Kier molecular flexibility index (Phi) is 5.64. The Morgan fingerprint density at radius 2 is 2.10 bits per heavy atom. The van der Waals surface area contributed by atoms with Gasteiger partial charge in [0, 0.05) is 11.0 Å². The van der Waals surface area contributed by atoms with Crippen LogP contribution in [0, 0.1) is 11.7 Å². The molecule has 4 nitrogen and oxygen atoms in total. The van der Waals surface area contributed by atoms with E-state index in [-0.39, 0.29) is 11.6 Å². The largest absolute Gasteiger partial charge is 0.434 e. The molecule has 0 fully saturated rings. The first-order chi connectivity index (χ1) is 10.0. The number of hydrogen-bond donors (Lipinski definition) is 1. The molecule has 0 bridgehead atoms. The topological polar surface area (TPSA) is 47.0 Å². The first-order valence-corrected chi connectivity index (χ1v) is 7.48. The van der Waals surface area contributed by atoms with Crippen LogP contribution in [0.5, 0.6) is 11.6 Å². The zero-order valence-electron chi connectivity index (χ0n) is 11.9. The van der Waals surface area contributed by atoms with Gasteiger partial charge in [0.1, 0.15) is 0 Å². The highest BCUT2D eigenvalue weighted by molar-refractivity contribution is 9.10. The minimum absolute atomic E-state index is 0.123. The van der Waals surface area contributed by atoms with Crippen LogP contribution < -0.4 is 10.1 Å². The third kappa shape index (κ3) is 5.06. The highest BCUT2D eigenvalue weighted by Gasteiger charge is 2.07. The van der Waals surface area contributed by atoms with E-state index in [0.29, 0.717) is 16.9 Å². The third-order valence-corrected chi connectivity index (χ3v) is 3.14. The quantitative estimate of drug-likeness (QED) is 0.854. The number of aromatic nitrogens is 2. The molecule has 0 aliphatic heterocycles. The molecule has 0 spiro atoms. The zero-order chi connectivity index (χ0) is 15.2. The average Bonchev–Trinajstić information content (AvgIpc) is 2.43. The van der Waals surface area contributed by atoms with Crippen molar-refractivity contribution in [1.82, 2.24) is 15.3 Å². The first-order valence-electron chi connectivity index (χ1n) is 6.69. The third-order valence-electron chi connectivity index (χ3n) is 2.65. The summed E-state index contributed by atoms with van der Waals surface area (Å²) in [6, 6.07) is 4.59. The maximum Gasteiger partial charge on any atom is 0.237 e. The highest BCUT2D eigenvalue weighted by atomic mass is 79.9. The van der Waals surface area contributed by atoms with E-state index in [2.05, 4.69) is 45.1 Å². The first kappa shape index (κ1) is 15.9. The summed E-state index contributed by atoms with van der Waals surface area (Å²) in [5, 5.41) is 3.28. The highest BCUT2D eigenvalue weighted by Crippen LogP contribution is 2.25. The van der Waals surface area contributed by atoms with E-state index in [4.69, 9.17) is 4.74 Å². The van der Waals surface area contributed by atoms with E-state index >= 15 is 0 Å². The molecule has 0 atom stereocenters. The lowest BCUT2D eigenvalue weighted by Crippen LogP contribution is -2.19. The van der Waals surface area contributed by atoms with Crippen LogP contribution >= 0.6 is 15.9 Å². The summed E-state index contributed by atoms with van der Waals surface area (Å²) in [5.74, 6) is 0.525.